The number of sulfone groups is 1. The largest absolute Gasteiger partial charge is 0.495 e. The predicted octanol–water partition coefficient (Wildman–Crippen LogP) is 3.27. The fourth-order valence-electron chi connectivity index (χ4n) is 2.86. The van der Waals surface area contributed by atoms with Gasteiger partial charge in [0, 0.05) is 6.54 Å². The molecule has 0 saturated heterocycles. The first kappa shape index (κ1) is 19.3. The van der Waals surface area contributed by atoms with Crippen molar-refractivity contribution in [3.8, 4) is 5.75 Å². The zero-order valence-corrected chi connectivity index (χ0v) is 16.9. The van der Waals surface area contributed by atoms with Crippen molar-refractivity contribution in [3.05, 3.63) is 52.8 Å². The predicted molar refractivity (Wildman–Crippen MR) is 106 cm³/mol. The van der Waals surface area contributed by atoms with Gasteiger partial charge in [0.1, 0.15) is 11.3 Å². The molecule has 0 N–H and O–H groups in total. The maximum Gasteiger partial charge on any atom is 0.280 e. The van der Waals surface area contributed by atoms with Crippen molar-refractivity contribution >= 4 is 37.3 Å². The van der Waals surface area contributed by atoms with Crippen molar-refractivity contribution in [1.82, 2.24) is 4.57 Å². The summed E-state index contributed by atoms with van der Waals surface area (Å²) in [6.45, 7) is 4.11. The lowest BCUT2D eigenvalue weighted by Crippen LogP contribution is -2.17. The second kappa shape index (κ2) is 7.66. The van der Waals surface area contributed by atoms with E-state index in [2.05, 4.69) is 4.99 Å². The lowest BCUT2D eigenvalue weighted by atomic mass is 10.2. The number of carbonyl (C=O) groups is 1. The Morgan fingerprint density at radius 1 is 1.15 bits per heavy atom. The molecule has 8 heteroatoms. The van der Waals surface area contributed by atoms with Crippen LogP contribution < -0.4 is 9.54 Å². The van der Waals surface area contributed by atoms with Gasteiger partial charge in [0.2, 0.25) is 0 Å². The Bertz CT molecular complexity index is 1170. The van der Waals surface area contributed by atoms with E-state index >= 15 is 0 Å². The Morgan fingerprint density at radius 2 is 1.89 bits per heavy atom. The number of para-hydroxylation sites is 1. The van der Waals surface area contributed by atoms with Crippen LogP contribution in [0.2, 0.25) is 0 Å². The van der Waals surface area contributed by atoms with Crippen molar-refractivity contribution in [2.75, 3.05) is 12.9 Å². The van der Waals surface area contributed by atoms with Crippen molar-refractivity contribution in [2.45, 2.75) is 25.3 Å². The quantitative estimate of drug-likeness (QED) is 0.654. The van der Waals surface area contributed by atoms with Gasteiger partial charge in [-0.2, -0.15) is 4.99 Å². The van der Waals surface area contributed by atoms with Crippen LogP contribution in [0.15, 0.2) is 52.4 Å². The molecular weight excluding hydrogens is 384 g/mol. The third kappa shape index (κ3) is 3.54. The zero-order valence-electron chi connectivity index (χ0n) is 15.3. The number of hydrogen-bond donors (Lipinski definition) is 0. The van der Waals surface area contributed by atoms with E-state index in [9.17, 15) is 13.2 Å². The highest BCUT2D eigenvalue weighted by Gasteiger charge is 2.20. The number of nitrogens with zero attached hydrogens (tertiary/aromatic N) is 2. The van der Waals surface area contributed by atoms with E-state index < -0.39 is 15.7 Å². The third-order valence-corrected chi connectivity index (χ3v) is 7.06. The molecule has 0 aliphatic carbocycles. The molecule has 0 aliphatic rings. The second-order valence-corrected chi connectivity index (χ2v) is 9.01. The second-order valence-electron chi connectivity index (χ2n) is 5.75. The van der Waals surface area contributed by atoms with Gasteiger partial charge in [-0.1, -0.05) is 36.5 Å². The fraction of sp³-hybridized carbons (Fsp3) is 0.263. The summed E-state index contributed by atoms with van der Waals surface area (Å²) in [4.78, 5) is 17.6. The molecule has 0 unspecified atom stereocenters. The molecule has 3 aromatic rings. The molecule has 2 aromatic carbocycles. The maximum absolute atomic E-state index is 12.8. The summed E-state index contributed by atoms with van der Waals surface area (Å²) < 4.78 is 32.9. The van der Waals surface area contributed by atoms with Gasteiger partial charge < -0.3 is 9.30 Å². The number of fused-ring (bicyclic) bond motifs is 1. The lowest BCUT2D eigenvalue weighted by molar-refractivity contribution is 0.0994. The number of thiazole rings is 1. The molecule has 1 amide bonds. The van der Waals surface area contributed by atoms with Crippen LogP contribution in [0.5, 0.6) is 5.75 Å². The number of hydrogen-bond acceptors (Lipinski definition) is 5. The van der Waals surface area contributed by atoms with E-state index in [1.807, 2.05) is 29.7 Å². The molecule has 3 rings (SSSR count). The van der Waals surface area contributed by atoms with Gasteiger partial charge in [0.15, 0.2) is 14.6 Å². The van der Waals surface area contributed by atoms with Crippen LogP contribution >= 0.6 is 11.3 Å². The molecule has 142 valence electrons. The first-order valence-corrected chi connectivity index (χ1v) is 11.0. The van der Waals surface area contributed by atoms with Crippen molar-refractivity contribution in [2.24, 2.45) is 4.99 Å². The molecular formula is C19H20N2O4S2. The van der Waals surface area contributed by atoms with Crippen molar-refractivity contribution in [3.63, 3.8) is 0 Å². The maximum atomic E-state index is 12.8. The molecule has 1 heterocycles. The molecule has 27 heavy (non-hydrogen) atoms. The topological polar surface area (TPSA) is 77.7 Å². The molecule has 0 atom stereocenters. The summed E-state index contributed by atoms with van der Waals surface area (Å²) in [6.07, 6.45) is 0. The summed E-state index contributed by atoms with van der Waals surface area (Å²) in [5, 5.41) is 0. The minimum absolute atomic E-state index is 0.0167. The lowest BCUT2D eigenvalue weighted by Gasteiger charge is -2.07. The minimum Gasteiger partial charge on any atom is -0.495 e. The molecule has 0 spiro atoms. The van der Waals surface area contributed by atoms with E-state index in [-0.39, 0.29) is 16.2 Å². The molecule has 0 saturated carbocycles. The zero-order chi connectivity index (χ0) is 19.6. The monoisotopic (exact) mass is 404 g/mol. The summed E-state index contributed by atoms with van der Waals surface area (Å²) in [5.74, 6) is 0.0515. The highest BCUT2D eigenvalue weighted by Crippen LogP contribution is 2.27. The van der Waals surface area contributed by atoms with E-state index in [1.165, 1.54) is 23.5 Å². The van der Waals surface area contributed by atoms with Crippen LogP contribution in [0.3, 0.4) is 0 Å². The van der Waals surface area contributed by atoms with Gasteiger partial charge in [-0.05, 0) is 31.2 Å². The Morgan fingerprint density at radius 3 is 2.56 bits per heavy atom. The number of benzene rings is 2. The van der Waals surface area contributed by atoms with Crippen LogP contribution in [0, 0.1) is 0 Å². The van der Waals surface area contributed by atoms with Crippen LogP contribution in [-0.2, 0) is 16.4 Å². The SMILES string of the molecule is CCn1c(=NC(=O)c2ccccc2S(=O)(=O)CC)sc2cccc(OC)c21. The van der Waals surface area contributed by atoms with Crippen LogP contribution in [-0.4, -0.2) is 31.8 Å². The van der Waals surface area contributed by atoms with Gasteiger partial charge in [-0.15, -0.1) is 0 Å². The van der Waals surface area contributed by atoms with Crippen LogP contribution in [0.4, 0.5) is 0 Å². The molecule has 0 bridgehead atoms. The fourth-order valence-corrected chi connectivity index (χ4v) is 5.06. The van der Waals surface area contributed by atoms with Gasteiger partial charge in [0.05, 0.1) is 28.0 Å². The summed E-state index contributed by atoms with van der Waals surface area (Å²) in [7, 11) is -1.92. The molecule has 0 radical (unpaired) electrons. The van der Waals surface area contributed by atoms with Gasteiger partial charge in [-0.3, -0.25) is 4.79 Å². The van der Waals surface area contributed by atoms with Crippen molar-refractivity contribution < 1.29 is 17.9 Å². The first-order chi connectivity index (χ1) is 12.9. The third-order valence-electron chi connectivity index (χ3n) is 4.23. The highest BCUT2D eigenvalue weighted by molar-refractivity contribution is 7.91. The summed E-state index contributed by atoms with van der Waals surface area (Å²) in [6, 6.07) is 11.9. The summed E-state index contributed by atoms with van der Waals surface area (Å²) in [5.41, 5.74) is 0.958. The van der Waals surface area contributed by atoms with E-state index in [0.29, 0.717) is 17.1 Å². The number of aryl methyl sites for hydroxylation is 1. The standard InChI is InChI=1S/C19H20N2O4S2/c1-4-21-17-14(25-3)10-8-11-15(17)26-19(21)20-18(22)13-9-6-7-12-16(13)27(23,24)5-2/h6-12H,4-5H2,1-3H3. The number of aromatic nitrogens is 1. The van der Waals surface area contributed by atoms with E-state index in [4.69, 9.17) is 4.74 Å². The minimum atomic E-state index is -3.52. The molecule has 6 nitrogen and oxygen atoms in total. The van der Waals surface area contributed by atoms with E-state index in [1.54, 1.807) is 26.2 Å². The smallest absolute Gasteiger partial charge is 0.280 e. The highest BCUT2D eigenvalue weighted by atomic mass is 32.2. The summed E-state index contributed by atoms with van der Waals surface area (Å²) >= 11 is 1.37. The Kier molecular flexibility index (Phi) is 5.48. The van der Waals surface area contributed by atoms with Crippen LogP contribution in [0.1, 0.15) is 24.2 Å². The molecule has 0 fully saturated rings. The van der Waals surface area contributed by atoms with Crippen LogP contribution in [0.25, 0.3) is 10.2 Å². The van der Waals surface area contributed by atoms with E-state index in [0.717, 1.165) is 10.2 Å². The number of ether oxygens (including phenoxy) is 1. The van der Waals surface area contributed by atoms with Gasteiger partial charge in [0.25, 0.3) is 5.91 Å². The van der Waals surface area contributed by atoms with Gasteiger partial charge >= 0.3 is 0 Å². The van der Waals surface area contributed by atoms with Crippen molar-refractivity contribution in [1.29, 1.82) is 0 Å². The normalized spacial score (nSPS) is 12.5. The average Bonchev–Trinajstić information content (AvgIpc) is 3.04. The first-order valence-electron chi connectivity index (χ1n) is 8.50. The van der Waals surface area contributed by atoms with Gasteiger partial charge in [-0.25, -0.2) is 8.42 Å². The molecule has 1 aromatic heterocycles. The number of methoxy groups -OCH3 is 1. The average molecular weight is 405 g/mol. The number of amides is 1. The number of carbonyl (C=O) groups excluding carboxylic acids is 1. The number of rotatable bonds is 5. The Hall–Kier alpha value is -2.45. The Balaban J connectivity index is 2.21. The molecule has 0 aliphatic heterocycles. The Labute approximate surface area is 161 Å².